The van der Waals surface area contributed by atoms with Crippen LogP contribution in [-0.2, 0) is 0 Å². The molecular formula is C24H21N5OS. The van der Waals surface area contributed by atoms with Crippen LogP contribution in [0.4, 0.5) is 5.69 Å². The van der Waals surface area contributed by atoms with Crippen LogP contribution in [0.25, 0.3) is 5.69 Å². The zero-order valence-electron chi connectivity index (χ0n) is 16.9. The standard InChI is InChI=1S/C24H21N5OS/c1-30-19-7-4-6-18(16-19)29-23(22(27-24(29)31)20-8-2-3-12-26-20)21-9-5-15-28(21)17-10-13-25-14-11-17/h2-16,22-23H,1H3,(H,27,31). The number of anilines is 1. The molecule has 1 aromatic carbocycles. The Labute approximate surface area is 186 Å². The van der Waals surface area contributed by atoms with E-state index in [2.05, 4.69) is 43.1 Å². The second-order valence-electron chi connectivity index (χ2n) is 7.21. The number of pyridine rings is 2. The van der Waals surface area contributed by atoms with E-state index < -0.39 is 0 Å². The predicted molar refractivity (Wildman–Crippen MR) is 124 cm³/mol. The third kappa shape index (κ3) is 3.53. The zero-order chi connectivity index (χ0) is 21.2. The molecule has 0 saturated carbocycles. The average Bonchev–Trinajstić information content (AvgIpc) is 3.44. The summed E-state index contributed by atoms with van der Waals surface area (Å²) >= 11 is 5.82. The molecule has 4 heterocycles. The van der Waals surface area contributed by atoms with Crippen molar-refractivity contribution in [2.75, 3.05) is 12.0 Å². The molecule has 7 heteroatoms. The summed E-state index contributed by atoms with van der Waals surface area (Å²) in [7, 11) is 1.67. The van der Waals surface area contributed by atoms with Gasteiger partial charge in [-0.25, -0.2) is 0 Å². The number of rotatable bonds is 5. The Morgan fingerprint density at radius 3 is 2.58 bits per heavy atom. The Bertz CT molecular complexity index is 1190. The third-order valence-corrected chi connectivity index (χ3v) is 5.77. The highest BCUT2D eigenvalue weighted by Crippen LogP contribution is 2.42. The fourth-order valence-electron chi connectivity index (χ4n) is 4.07. The van der Waals surface area contributed by atoms with E-state index in [1.165, 1.54) is 0 Å². The summed E-state index contributed by atoms with van der Waals surface area (Å²) in [6.07, 6.45) is 7.47. The Kier molecular flexibility index (Phi) is 5.09. The number of hydrogen-bond acceptors (Lipinski definition) is 4. The third-order valence-electron chi connectivity index (χ3n) is 5.45. The van der Waals surface area contributed by atoms with E-state index in [0.29, 0.717) is 5.11 Å². The van der Waals surface area contributed by atoms with Crippen molar-refractivity contribution in [2.24, 2.45) is 0 Å². The van der Waals surface area contributed by atoms with Gasteiger partial charge >= 0.3 is 0 Å². The minimum absolute atomic E-state index is 0.113. The summed E-state index contributed by atoms with van der Waals surface area (Å²) < 4.78 is 7.64. The van der Waals surface area contributed by atoms with Crippen molar-refractivity contribution >= 4 is 23.0 Å². The van der Waals surface area contributed by atoms with Gasteiger partial charge in [0.05, 0.1) is 18.8 Å². The second kappa shape index (κ2) is 8.20. The first-order valence-electron chi connectivity index (χ1n) is 9.98. The van der Waals surface area contributed by atoms with Crippen LogP contribution in [-0.4, -0.2) is 26.8 Å². The monoisotopic (exact) mass is 427 g/mol. The largest absolute Gasteiger partial charge is 0.497 e. The predicted octanol–water partition coefficient (Wildman–Crippen LogP) is 4.45. The molecule has 0 radical (unpaired) electrons. The molecule has 0 aliphatic carbocycles. The van der Waals surface area contributed by atoms with Gasteiger partial charge in [0.2, 0.25) is 0 Å². The molecule has 2 unspecified atom stereocenters. The number of methoxy groups -OCH3 is 1. The van der Waals surface area contributed by atoms with Crippen LogP contribution in [0.2, 0.25) is 0 Å². The van der Waals surface area contributed by atoms with E-state index in [9.17, 15) is 0 Å². The molecule has 31 heavy (non-hydrogen) atoms. The van der Waals surface area contributed by atoms with Gasteiger partial charge in [-0.15, -0.1) is 0 Å². The molecule has 4 aromatic rings. The molecule has 1 aliphatic heterocycles. The molecular weight excluding hydrogens is 406 g/mol. The number of thiocarbonyl (C=S) groups is 1. The number of ether oxygens (including phenoxy) is 1. The van der Waals surface area contributed by atoms with Gasteiger partial charge in [-0.2, -0.15) is 0 Å². The summed E-state index contributed by atoms with van der Waals surface area (Å²) in [4.78, 5) is 10.9. The van der Waals surface area contributed by atoms with Gasteiger partial charge in [-0.3, -0.25) is 9.97 Å². The van der Waals surface area contributed by atoms with E-state index in [4.69, 9.17) is 17.0 Å². The summed E-state index contributed by atoms with van der Waals surface area (Å²) in [5.74, 6) is 0.782. The van der Waals surface area contributed by atoms with Crippen LogP contribution >= 0.6 is 12.2 Å². The zero-order valence-corrected chi connectivity index (χ0v) is 17.7. The molecule has 0 amide bonds. The lowest BCUT2D eigenvalue weighted by molar-refractivity contribution is 0.414. The second-order valence-corrected chi connectivity index (χ2v) is 7.59. The number of benzene rings is 1. The van der Waals surface area contributed by atoms with Crippen molar-refractivity contribution in [3.8, 4) is 11.4 Å². The first-order valence-corrected chi connectivity index (χ1v) is 10.4. The Morgan fingerprint density at radius 2 is 1.81 bits per heavy atom. The van der Waals surface area contributed by atoms with Gasteiger partial charge in [0.1, 0.15) is 11.8 Å². The summed E-state index contributed by atoms with van der Waals surface area (Å²) in [5, 5.41) is 4.15. The van der Waals surface area contributed by atoms with E-state index in [1.807, 2.05) is 60.8 Å². The number of hydrogen-bond donors (Lipinski definition) is 1. The molecule has 0 spiro atoms. The van der Waals surface area contributed by atoms with E-state index in [-0.39, 0.29) is 12.1 Å². The molecule has 1 fully saturated rings. The molecule has 6 nitrogen and oxygen atoms in total. The average molecular weight is 428 g/mol. The van der Waals surface area contributed by atoms with Crippen molar-refractivity contribution in [1.82, 2.24) is 19.9 Å². The van der Waals surface area contributed by atoms with E-state index >= 15 is 0 Å². The number of nitrogens with one attached hydrogen (secondary N) is 1. The Hall–Kier alpha value is -3.71. The first kappa shape index (κ1) is 19.3. The van der Waals surface area contributed by atoms with Gasteiger partial charge in [0, 0.05) is 47.9 Å². The van der Waals surface area contributed by atoms with E-state index in [0.717, 1.165) is 28.5 Å². The van der Waals surface area contributed by atoms with Gasteiger partial charge < -0.3 is 19.5 Å². The van der Waals surface area contributed by atoms with Gasteiger partial charge in [0.25, 0.3) is 0 Å². The van der Waals surface area contributed by atoms with Crippen LogP contribution in [0.5, 0.6) is 5.75 Å². The van der Waals surface area contributed by atoms with Crippen LogP contribution < -0.4 is 15.0 Å². The fraction of sp³-hybridized carbons (Fsp3) is 0.125. The van der Waals surface area contributed by atoms with Crippen molar-refractivity contribution in [3.05, 3.63) is 103 Å². The lowest BCUT2D eigenvalue weighted by Gasteiger charge is -2.29. The number of aromatic nitrogens is 3. The maximum Gasteiger partial charge on any atom is 0.174 e. The minimum atomic E-state index is -0.115. The summed E-state index contributed by atoms with van der Waals surface area (Å²) in [5.41, 5.74) is 4.03. The Morgan fingerprint density at radius 1 is 0.935 bits per heavy atom. The highest BCUT2D eigenvalue weighted by atomic mass is 32.1. The first-order chi connectivity index (χ1) is 15.3. The fourth-order valence-corrected chi connectivity index (χ4v) is 4.41. The van der Waals surface area contributed by atoms with E-state index in [1.54, 1.807) is 19.5 Å². The maximum absolute atomic E-state index is 5.82. The maximum atomic E-state index is 5.82. The molecule has 5 rings (SSSR count). The quantitative estimate of drug-likeness (QED) is 0.475. The van der Waals surface area contributed by atoms with Crippen molar-refractivity contribution in [1.29, 1.82) is 0 Å². The van der Waals surface area contributed by atoms with Crippen LogP contribution in [0.15, 0.2) is 91.5 Å². The summed E-state index contributed by atoms with van der Waals surface area (Å²) in [6.45, 7) is 0. The van der Waals surface area contributed by atoms with Crippen molar-refractivity contribution in [3.63, 3.8) is 0 Å². The van der Waals surface area contributed by atoms with Crippen LogP contribution in [0.3, 0.4) is 0 Å². The van der Waals surface area contributed by atoms with Gasteiger partial charge in [0.15, 0.2) is 5.11 Å². The van der Waals surface area contributed by atoms with Crippen molar-refractivity contribution in [2.45, 2.75) is 12.1 Å². The summed E-state index contributed by atoms with van der Waals surface area (Å²) in [6, 6.07) is 21.9. The molecule has 2 atom stereocenters. The lowest BCUT2D eigenvalue weighted by Crippen LogP contribution is -2.30. The molecule has 1 N–H and O–H groups in total. The molecule has 1 aliphatic rings. The van der Waals surface area contributed by atoms with Crippen molar-refractivity contribution < 1.29 is 4.74 Å². The number of nitrogens with zero attached hydrogens (tertiary/aromatic N) is 4. The molecule has 154 valence electrons. The topological polar surface area (TPSA) is 55.2 Å². The molecule has 3 aromatic heterocycles. The SMILES string of the molecule is COc1cccc(N2C(=S)NC(c3ccccn3)C2c2cccn2-c2ccncc2)c1. The van der Waals surface area contributed by atoms with Gasteiger partial charge in [-0.1, -0.05) is 12.1 Å². The smallest absolute Gasteiger partial charge is 0.174 e. The van der Waals surface area contributed by atoms with Gasteiger partial charge in [-0.05, 0) is 60.7 Å². The Balaban J connectivity index is 1.67. The van der Waals surface area contributed by atoms with Crippen LogP contribution in [0.1, 0.15) is 23.5 Å². The van der Waals surface area contributed by atoms with Crippen LogP contribution in [0, 0.1) is 0 Å². The molecule has 1 saturated heterocycles. The normalized spacial score (nSPS) is 18.1. The minimum Gasteiger partial charge on any atom is -0.497 e. The molecule has 0 bridgehead atoms. The highest BCUT2D eigenvalue weighted by Gasteiger charge is 2.42. The highest BCUT2D eigenvalue weighted by molar-refractivity contribution is 7.80. The lowest BCUT2D eigenvalue weighted by atomic mass is 10.0.